The molecule has 0 spiro atoms. The van der Waals surface area contributed by atoms with E-state index in [1.54, 1.807) is 0 Å². The van der Waals surface area contributed by atoms with Crippen LogP contribution in [-0.4, -0.2) is 37.4 Å². The monoisotopic (exact) mass is 1710 g/mol. The van der Waals surface area contributed by atoms with Gasteiger partial charge in [-0.15, -0.1) is 0 Å². The summed E-state index contributed by atoms with van der Waals surface area (Å²) >= 11 is 0. The quantitative estimate of drug-likeness (QED) is 0.0613. The lowest BCUT2D eigenvalue weighted by Gasteiger charge is -2.21. The predicted molar refractivity (Wildman–Crippen MR) is 342 cm³/mol. The molecule has 8 heterocycles. The number of hydrogen-bond donors (Lipinski definition) is 5. The number of nitrogens with one attached hydrogen (secondary N) is 5. The number of aromatic amines is 4. The van der Waals surface area contributed by atoms with E-state index in [1.165, 1.54) is 0 Å². The average molecular weight is 1710 g/mol. The summed E-state index contributed by atoms with van der Waals surface area (Å²) in [6.45, 7) is 0. The van der Waals surface area contributed by atoms with E-state index in [-0.39, 0.29) is 0 Å². The summed E-state index contributed by atoms with van der Waals surface area (Å²) < 4.78 is 559. The molecule has 0 amide bonds. The van der Waals surface area contributed by atoms with Gasteiger partial charge in [0.05, 0.1) is 67.8 Å². The number of nitrogens with zero attached hydrogens (tertiary/aromatic N) is 2. The molecule has 608 valence electrons. The first-order valence-electron chi connectivity index (χ1n) is 32.3. The standard InChI is InChI=1S/C77H20F35N7/c78-43-36(44(79)58(93)71(106)57(43)92)29-15-1-2-16(113-15)30(37-45(80)59(94)72(107)60(95)46(37)81)18-5-6-20(115-18)32(39-49(84)63(98)74(109)64(99)50(39)85)22-9-10-24(117-22)34(41-53(88)67(102)76(111)68(103)54(41)89)26-13-14-28(119-26)35(42-55(90)69(104)77(112)70(105)56(42)91)27-12-11-25(118-27)33(40-51(86)65(100)75(110)66(101)52(40)87)23-8-7-21(116-23)31(19-4-3-17(29)114-19)38-47(82)61(96)73(108)62(97)48(38)83/h1-15,113,115-118H/b29-17+,30-16+,31-21+,32-22+,33-23+,34-24+,35-28+. The smallest absolute Gasteiger partial charge is 0.200 e. The number of halogens is 35. The number of benzene rings is 7. The third kappa shape index (κ3) is 12.0. The van der Waals surface area contributed by atoms with Gasteiger partial charge in [-0.25, -0.2) is 164 Å². The molecular formula is C77H20F35N7. The summed E-state index contributed by atoms with van der Waals surface area (Å²) in [6, 6.07) is 0.0753. The highest BCUT2D eigenvalue weighted by molar-refractivity contribution is 6.31. The zero-order valence-electron chi connectivity index (χ0n) is 56.3. The van der Waals surface area contributed by atoms with Crippen LogP contribution in [0.2, 0.25) is 0 Å². The van der Waals surface area contributed by atoms with Gasteiger partial charge in [0.25, 0.3) is 0 Å². The van der Waals surface area contributed by atoms with E-state index in [2.05, 4.69) is 35.2 Å². The molecule has 7 nitrogen and oxygen atoms in total. The van der Waals surface area contributed by atoms with Gasteiger partial charge >= 0.3 is 0 Å². The van der Waals surface area contributed by atoms with Crippen molar-refractivity contribution in [2.24, 2.45) is 9.98 Å². The van der Waals surface area contributed by atoms with Crippen LogP contribution in [0, 0.1) is 204 Å². The van der Waals surface area contributed by atoms with Gasteiger partial charge in [-0.3, -0.25) is 0 Å². The number of aromatic nitrogens is 4. The summed E-state index contributed by atoms with van der Waals surface area (Å²) in [6.07, 6.45) is 2.01. The Balaban J connectivity index is 1.17. The molecule has 0 saturated carbocycles. The van der Waals surface area contributed by atoms with Gasteiger partial charge in [-0.1, -0.05) is 6.08 Å². The zero-order chi connectivity index (χ0) is 86.2. The number of fused-ring (bicyclic) bond motifs is 12. The molecule has 0 saturated heterocycles. The van der Waals surface area contributed by atoms with E-state index in [0.29, 0.717) is 85.0 Å². The Morgan fingerprint density at radius 1 is 0.193 bits per heavy atom. The van der Waals surface area contributed by atoms with E-state index < -0.39 is 360 Å². The van der Waals surface area contributed by atoms with Crippen molar-refractivity contribution in [3.63, 3.8) is 0 Å². The molecule has 0 fully saturated rings. The van der Waals surface area contributed by atoms with Crippen molar-refractivity contribution in [2.45, 2.75) is 6.04 Å². The largest absolute Gasteiger partial charge is 0.374 e. The van der Waals surface area contributed by atoms with Crippen LogP contribution >= 0.6 is 0 Å². The van der Waals surface area contributed by atoms with Crippen LogP contribution in [0.15, 0.2) is 112 Å². The molecular weight excluding hydrogens is 1690 g/mol. The van der Waals surface area contributed by atoms with E-state index in [0.717, 1.165) is 0 Å². The Morgan fingerprint density at radius 2 is 0.412 bits per heavy atom. The van der Waals surface area contributed by atoms with Crippen molar-refractivity contribution in [3.05, 3.63) is 389 Å². The Morgan fingerprint density at radius 3 is 0.714 bits per heavy atom. The van der Waals surface area contributed by atoms with Crippen LogP contribution in [0.5, 0.6) is 0 Å². The van der Waals surface area contributed by atoms with Gasteiger partial charge in [0.15, 0.2) is 163 Å². The number of H-pyrrole nitrogens is 4. The SMILES string of the molecule is Fc1c(F)c(F)c(/C2=C3\C=CC(=N3)/C(c3c(F)c(F)c(F)c(F)c3F)=c3/cc/c([nH]3)=C(\c3c(F)c(F)c(F)c(F)c3F)c3ccc([nH]3)/C(c3c(F)c(F)c(F)c(F)c3F)=C3/C=CC(N3)/C(c3c(F)c(F)c(F)c(F)c3F)=C3/C=CC(=N3)/C(c3c(F)c(F)c(F)c(F)c3F)=c3/cc/c([nH]3)=C(\c3c(F)c(F)c(F)c(F)c3F)c3ccc2[nH]3)c(F)c1F. The second-order valence-electron chi connectivity index (χ2n) is 25.2. The molecule has 14 bridgehead atoms. The third-order valence-corrected chi connectivity index (χ3v) is 18.8. The van der Waals surface area contributed by atoms with E-state index >= 15 is 154 Å². The molecule has 15 rings (SSSR count). The maximum atomic E-state index is 16.7. The summed E-state index contributed by atoms with van der Waals surface area (Å²) in [5.41, 5.74) is -39.9. The number of rotatable bonds is 7. The number of aliphatic imine (C=N–C) groups is 2. The molecule has 0 radical (unpaired) electrons. The second-order valence-corrected chi connectivity index (χ2v) is 25.2. The van der Waals surface area contributed by atoms with Crippen LogP contribution in [0.1, 0.15) is 61.7 Å². The molecule has 0 aliphatic carbocycles. The highest BCUT2D eigenvalue weighted by atomic mass is 19.2. The van der Waals surface area contributed by atoms with Crippen LogP contribution in [0.3, 0.4) is 0 Å². The minimum absolute atomic E-state index is 0.298. The normalized spacial score (nSPS) is 18.6. The summed E-state index contributed by atoms with van der Waals surface area (Å²) in [7, 11) is 0. The maximum Gasteiger partial charge on any atom is 0.200 e. The first-order valence-corrected chi connectivity index (χ1v) is 32.3. The molecule has 4 aliphatic heterocycles. The summed E-state index contributed by atoms with van der Waals surface area (Å²) in [5.74, 6) is -103. The highest BCUT2D eigenvalue weighted by Gasteiger charge is 2.42. The van der Waals surface area contributed by atoms with Gasteiger partial charge in [0, 0.05) is 88.9 Å². The van der Waals surface area contributed by atoms with Crippen molar-refractivity contribution in [2.75, 3.05) is 0 Å². The van der Waals surface area contributed by atoms with Crippen molar-refractivity contribution >= 4 is 50.4 Å². The first-order chi connectivity index (χ1) is 56.1. The average Bonchev–Trinajstić information content (AvgIpc) is 1.61. The molecule has 1 unspecified atom stereocenters. The lowest BCUT2D eigenvalue weighted by molar-refractivity contribution is 0.375. The fourth-order valence-corrected chi connectivity index (χ4v) is 13.5. The van der Waals surface area contributed by atoms with Gasteiger partial charge in [0.1, 0.15) is 0 Å². The minimum atomic E-state index is -2.99. The van der Waals surface area contributed by atoms with Crippen molar-refractivity contribution in [1.29, 1.82) is 0 Å². The molecule has 119 heavy (non-hydrogen) atoms. The van der Waals surface area contributed by atoms with Gasteiger partial charge in [0.2, 0.25) is 40.7 Å². The van der Waals surface area contributed by atoms with E-state index in [1.807, 2.05) is 0 Å². The molecule has 42 heteroatoms. The topological polar surface area (TPSA) is 99.9 Å². The van der Waals surface area contributed by atoms with Gasteiger partial charge in [-0.2, -0.15) is 0 Å². The molecule has 4 aromatic heterocycles. The van der Waals surface area contributed by atoms with Crippen LogP contribution in [0.4, 0.5) is 154 Å². The van der Waals surface area contributed by atoms with Crippen molar-refractivity contribution in [1.82, 2.24) is 25.3 Å². The molecule has 4 aliphatic rings. The Hall–Kier alpha value is -13.7. The van der Waals surface area contributed by atoms with Crippen molar-refractivity contribution in [3.8, 4) is 0 Å². The van der Waals surface area contributed by atoms with E-state index in [9.17, 15) is 0 Å². The zero-order valence-corrected chi connectivity index (χ0v) is 56.3. The van der Waals surface area contributed by atoms with Gasteiger partial charge in [-0.05, 0) is 78.9 Å². The highest BCUT2D eigenvalue weighted by Crippen LogP contribution is 2.45. The van der Waals surface area contributed by atoms with Crippen LogP contribution in [-0.2, 0) is 0 Å². The molecule has 5 N–H and O–H groups in total. The lowest BCUT2D eigenvalue weighted by atomic mass is 9.95. The van der Waals surface area contributed by atoms with Crippen LogP contribution < -0.4 is 26.7 Å². The lowest BCUT2D eigenvalue weighted by Crippen LogP contribution is -2.26. The third-order valence-electron chi connectivity index (χ3n) is 18.8. The second kappa shape index (κ2) is 28.9. The number of allylic oxidation sites excluding steroid dienone is 5. The maximum absolute atomic E-state index is 16.7. The Bertz CT molecular complexity index is 6870. The first kappa shape index (κ1) is 80.5. The summed E-state index contributed by atoms with van der Waals surface area (Å²) in [4.78, 5) is 16.1. The molecule has 11 aromatic rings. The Labute approximate surface area is 632 Å². The van der Waals surface area contributed by atoms with Crippen molar-refractivity contribution < 1.29 is 154 Å². The fourth-order valence-electron chi connectivity index (χ4n) is 13.5. The predicted octanol–water partition coefficient (Wildman–Crippen LogP) is 18.0. The number of hydrogen-bond acceptors (Lipinski definition) is 3. The summed E-state index contributed by atoms with van der Waals surface area (Å²) in [5, 5.41) is -3.25. The molecule has 7 aromatic carbocycles. The fraction of sp³-hybridized carbons (Fsp3) is 0.0130. The minimum Gasteiger partial charge on any atom is -0.374 e. The van der Waals surface area contributed by atoms with Gasteiger partial charge < -0.3 is 25.3 Å². The van der Waals surface area contributed by atoms with E-state index in [4.69, 9.17) is 0 Å². The molecule has 1 atom stereocenters. The van der Waals surface area contributed by atoms with Crippen LogP contribution in [0.25, 0.3) is 39.0 Å². The Kier molecular flexibility index (Phi) is 19.5.